The summed E-state index contributed by atoms with van der Waals surface area (Å²) in [5.41, 5.74) is 11.3. The molecule has 0 aromatic carbocycles. The van der Waals surface area contributed by atoms with E-state index < -0.39 is 0 Å². The molecule has 3 aliphatic heterocycles. The number of nitrogens with zero attached hydrogens (tertiary/aromatic N) is 3. The summed E-state index contributed by atoms with van der Waals surface area (Å²) in [4.78, 5) is 21.8. The van der Waals surface area contributed by atoms with Gasteiger partial charge in [0.05, 0.1) is 12.1 Å². The zero-order valence-electron chi connectivity index (χ0n) is 16.1. The van der Waals surface area contributed by atoms with Crippen LogP contribution in [0.1, 0.15) is 48.5 Å². The van der Waals surface area contributed by atoms with Crippen LogP contribution < -0.4 is 16.0 Å². The number of hydrogen-bond donors (Lipinski definition) is 2. The number of fused-ring (bicyclic) bond motifs is 1. The molecule has 0 bridgehead atoms. The molecule has 0 unspecified atom stereocenters. The lowest BCUT2D eigenvalue weighted by Crippen LogP contribution is -2.38. The number of aryl methyl sites for hydroxylation is 1. The van der Waals surface area contributed by atoms with Crippen molar-refractivity contribution in [3.8, 4) is 0 Å². The fourth-order valence-electron chi connectivity index (χ4n) is 4.22. The average Bonchev–Trinajstić information content (AvgIpc) is 2.73. The Morgan fingerprint density at radius 1 is 1.22 bits per heavy atom. The van der Waals surface area contributed by atoms with Gasteiger partial charge in [0.2, 0.25) is 0 Å². The summed E-state index contributed by atoms with van der Waals surface area (Å²) in [5, 5.41) is 3.43. The van der Waals surface area contributed by atoms with E-state index in [1.807, 2.05) is 4.90 Å². The van der Waals surface area contributed by atoms with Gasteiger partial charge in [-0.3, -0.25) is 4.79 Å². The molecule has 6 nitrogen and oxygen atoms in total. The van der Waals surface area contributed by atoms with Gasteiger partial charge in [-0.05, 0) is 62.3 Å². The zero-order valence-corrected chi connectivity index (χ0v) is 16.1. The van der Waals surface area contributed by atoms with Crippen molar-refractivity contribution in [2.24, 2.45) is 5.73 Å². The second-order valence-corrected chi connectivity index (χ2v) is 7.66. The number of pyridine rings is 1. The monoisotopic (exact) mass is 367 g/mol. The first-order chi connectivity index (χ1) is 13.2. The molecule has 1 aromatic heterocycles. The second kappa shape index (κ2) is 7.72. The van der Waals surface area contributed by atoms with E-state index in [0.717, 1.165) is 74.5 Å². The minimum absolute atomic E-state index is 0.129. The van der Waals surface area contributed by atoms with Crippen molar-refractivity contribution in [3.63, 3.8) is 0 Å². The fourth-order valence-corrected chi connectivity index (χ4v) is 4.22. The molecule has 27 heavy (non-hydrogen) atoms. The number of nitrogens with two attached hydrogens (primary N) is 1. The topological polar surface area (TPSA) is 74.5 Å². The third-order valence-corrected chi connectivity index (χ3v) is 5.84. The van der Waals surface area contributed by atoms with Gasteiger partial charge in [0.1, 0.15) is 5.82 Å². The largest absolute Gasteiger partial charge is 0.383 e. The van der Waals surface area contributed by atoms with E-state index in [1.165, 1.54) is 17.7 Å². The Morgan fingerprint density at radius 3 is 2.81 bits per heavy atom. The molecule has 0 spiro atoms. The predicted molar refractivity (Wildman–Crippen MR) is 107 cm³/mol. The fraction of sp³-hybridized carbons (Fsp3) is 0.524. The summed E-state index contributed by atoms with van der Waals surface area (Å²) in [6, 6.07) is 2.06. The van der Waals surface area contributed by atoms with Crippen LogP contribution >= 0.6 is 0 Å². The minimum atomic E-state index is 0.129. The molecular formula is C21H29N5O. The molecule has 0 radical (unpaired) electrons. The number of piperidine rings is 1. The highest BCUT2D eigenvalue weighted by Crippen LogP contribution is 2.30. The highest BCUT2D eigenvalue weighted by molar-refractivity contribution is 5.94. The van der Waals surface area contributed by atoms with Crippen molar-refractivity contribution in [2.75, 3.05) is 37.6 Å². The molecule has 1 fully saturated rings. The van der Waals surface area contributed by atoms with Gasteiger partial charge in [-0.2, -0.15) is 0 Å². The normalized spacial score (nSPS) is 20.1. The molecule has 144 valence electrons. The smallest absolute Gasteiger partial charge is 0.255 e. The van der Waals surface area contributed by atoms with E-state index in [0.29, 0.717) is 6.54 Å². The molecule has 4 heterocycles. The second-order valence-electron chi connectivity index (χ2n) is 7.66. The maximum Gasteiger partial charge on any atom is 0.255 e. The zero-order chi connectivity index (χ0) is 18.8. The van der Waals surface area contributed by atoms with Crippen LogP contribution in [-0.4, -0.2) is 48.5 Å². The van der Waals surface area contributed by atoms with Crippen LogP contribution in [0.5, 0.6) is 0 Å². The van der Waals surface area contributed by atoms with Crippen LogP contribution in [0, 0.1) is 0 Å². The Morgan fingerprint density at radius 2 is 2.04 bits per heavy atom. The maximum absolute atomic E-state index is 12.8. The Bertz CT molecular complexity index is 792. The van der Waals surface area contributed by atoms with Gasteiger partial charge in [-0.15, -0.1) is 0 Å². The Balaban J connectivity index is 1.60. The minimum Gasteiger partial charge on any atom is -0.383 e. The van der Waals surface area contributed by atoms with Crippen molar-refractivity contribution in [1.82, 2.24) is 15.2 Å². The van der Waals surface area contributed by atoms with Gasteiger partial charge in [0.15, 0.2) is 0 Å². The Hall–Kier alpha value is -2.34. The number of allylic oxidation sites excluding steroid dienone is 1. The number of hydrogen-bond acceptors (Lipinski definition) is 5. The van der Waals surface area contributed by atoms with E-state index >= 15 is 0 Å². The lowest BCUT2D eigenvalue weighted by molar-refractivity contribution is 0.0724. The summed E-state index contributed by atoms with van der Waals surface area (Å²) in [5.74, 6) is 1.12. The number of likely N-dealkylation sites (tertiary alicyclic amines) is 1. The molecule has 0 aliphatic carbocycles. The number of nitrogens with one attached hydrogen (secondary N) is 1. The van der Waals surface area contributed by atoms with Gasteiger partial charge >= 0.3 is 0 Å². The molecule has 3 aliphatic rings. The van der Waals surface area contributed by atoms with E-state index in [-0.39, 0.29) is 5.91 Å². The molecule has 6 heteroatoms. The Kier molecular flexibility index (Phi) is 5.16. The first kappa shape index (κ1) is 18.0. The summed E-state index contributed by atoms with van der Waals surface area (Å²) in [7, 11) is 0. The highest BCUT2D eigenvalue weighted by atomic mass is 16.2. The first-order valence-corrected chi connectivity index (χ1v) is 10.1. The number of aromatic nitrogens is 1. The van der Waals surface area contributed by atoms with Crippen LogP contribution in [0.25, 0.3) is 0 Å². The van der Waals surface area contributed by atoms with E-state index in [9.17, 15) is 4.79 Å². The molecule has 4 rings (SSSR count). The molecule has 1 amide bonds. The third-order valence-electron chi connectivity index (χ3n) is 5.84. The summed E-state index contributed by atoms with van der Waals surface area (Å²) in [6.45, 7) is 6.06. The van der Waals surface area contributed by atoms with Gasteiger partial charge in [0, 0.05) is 43.8 Å². The average molecular weight is 367 g/mol. The van der Waals surface area contributed by atoms with E-state index in [2.05, 4.69) is 29.3 Å². The highest BCUT2D eigenvalue weighted by Gasteiger charge is 2.25. The predicted octanol–water partition coefficient (Wildman–Crippen LogP) is 2.18. The number of carbonyl (C=O) groups is 1. The summed E-state index contributed by atoms with van der Waals surface area (Å²) in [6.07, 6.45) is 9.42. The Labute approximate surface area is 161 Å². The number of amides is 1. The van der Waals surface area contributed by atoms with Crippen LogP contribution in [-0.2, 0) is 6.42 Å². The number of carbonyl (C=O) groups excluding carboxylic acids is 1. The summed E-state index contributed by atoms with van der Waals surface area (Å²) >= 11 is 0. The molecule has 0 saturated carbocycles. The number of anilines is 1. The van der Waals surface area contributed by atoms with Gasteiger partial charge < -0.3 is 20.9 Å². The van der Waals surface area contributed by atoms with Crippen LogP contribution in [0.2, 0.25) is 0 Å². The lowest BCUT2D eigenvalue weighted by atomic mass is 10.0. The standard InChI is InChI=1S/C21H29N5O/c1-15-17(12-22)11-19(14-23-15)26-9-5-6-16-10-18(13-24-20(16)26)21(27)25-7-3-2-4-8-25/h10-11,13,23H,2-9,12,14,22H2,1H3. The van der Waals surface area contributed by atoms with Crippen molar-refractivity contribution in [3.05, 3.63) is 46.4 Å². The van der Waals surface area contributed by atoms with E-state index in [1.54, 1.807) is 6.20 Å². The van der Waals surface area contributed by atoms with Crippen molar-refractivity contribution in [1.29, 1.82) is 0 Å². The van der Waals surface area contributed by atoms with Crippen molar-refractivity contribution >= 4 is 11.7 Å². The van der Waals surface area contributed by atoms with Gasteiger partial charge in [0.25, 0.3) is 5.91 Å². The van der Waals surface area contributed by atoms with E-state index in [4.69, 9.17) is 10.7 Å². The van der Waals surface area contributed by atoms with Gasteiger partial charge in [-0.25, -0.2) is 4.98 Å². The van der Waals surface area contributed by atoms with Crippen molar-refractivity contribution in [2.45, 2.75) is 39.0 Å². The molecular weight excluding hydrogens is 338 g/mol. The maximum atomic E-state index is 12.8. The van der Waals surface area contributed by atoms with Crippen LogP contribution in [0.3, 0.4) is 0 Å². The number of dihydropyridines is 1. The lowest BCUT2D eigenvalue weighted by Gasteiger charge is -2.34. The molecule has 1 aromatic rings. The SMILES string of the molecule is CC1=C(CN)C=C(N2CCCc3cc(C(=O)N4CCCCC4)cnc32)CN1. The molecule has 1 saturated heterocycles. The summed E-state index contributed by atoms with van der Waals surface area (Å²) < 4.78 is 0. The van der Waals surface area contributed by atoms with Crippen LogP contribution in [0.4, 0.5) is 5.82 Å². The quantitative estimate of drug-likeness (QED) is 0.857. The molecule has 3 N–H and O–H groups in total. The number of rotatable bonds is 3. The molecule has 0 atom stereocenters. The van der Waals surface area contributed by atoms with Crippen molar-refractivity contribution < 1.29 is 4.79 Å². The first-order valence-electron chi connectivity index (χ1n) is 10.1. The third kappa shape index (κ3) is 3.58. The van der Waals surface area contributed by atoms with Gasteiger partial charge in [-0.1, -0.05) is 0 Å². The van der Waals surface area contributed by atoms with Crippen LogP contribution in [0.15, 0.2) is 35.3 Å².